The summed E-state index contributed by atoms with van der Waals surface area (Å²) < 4.78 is 1.85. The maximum Gasteiger partial charge on any atom is 0.261 e. The normalized spacial score (nSPS) is 20.4. The maximum atomic E-state index is 12.8. The Hall–Kier alpha value is -1.00. The number of para-hydroxylation sites is 1. The van der Waals surface area contributed by atoms with E-state index < -0.39 is 0 Å². The summed E-state index contributed by atoms with van der Waals surface area (Å²) in [6, 6.07) is 7.75. The quantitative estimate of drug-likeness (QED) is 0.810. The molecule has 0 amide bonds. The van der Waals surface area contributed by atoms with E-state index in [0.29, 0.717) is 5.39 Å². The van der Waals surface area contributed by atoms with Crippen molar-refractivity contribution in [2.24, 2.45) is 0 Å². The lowest BCUT2D eigenvalue weighted by molar-refractivity contribution is 0.504. The van der Waals surface area contributed by atoms with E-state index in [1.807, 2.05) is 47.5 Å². The predicted molar refractivity (Wildman–Crippen MR) is 85.9 cm³/mol. The smallest absolute Gasteiger partial charge is 0.261 e. The molecule has 3 nitrogen and oxygen atoms in total. The van der Waals surface area contributed by atoms with Crippen molar-refractivity contribution in [3.8, 4) is 0 Å². The molecular weight excluding hydrogens is 292 g/mol. The van der Waals surface area contributed by atoms with Crippen molar-refractivity contribution >= 4 is 34.3 Å². The molecule has 106 valence electrons. The van der Waals surface area contributed by atoms with Gasteiger partial charge < -0.3 is 0 Å². The second kappa shape index (κ2) is 5.78. The van der Waals surface area contributed by atoms with Crippen LogP contribution in [0.3, 0.4) is 0 Å². The topological polar surface area (TPSA) is 34.9 Å². The minimum absolute atomic E-state index is 0.0530. The molecule has 2 heterocycles. The zero-order valence-corrected chi connectivity index (χ0v) is 13.0. The fourth-order valence-corrected chi connectivity index (χ4v) is 3.99. The van der Waals surface area contributed by atoms with Crippen LogP contribution in [0.25, 0.3) is 10.9 Å². The van der Waals surface area contributed by atoms with Gasteiger partial charge in [-0.05, 0) is 30.7 Å². The molecule has 1 fully saturated rings. The zero-order chi connectivity index (χ0) is 14.1. The largest absolute Gasteiger partial charge is 0.291 e. The van der Waals surface area contributed by atoms with Crippen molar-refractivity contribution in [2.75, 3.05) is 11.5 Å². The number of halogens is 1. The Morgan fingerprint density at radius 1 is 1.50 bits per heavy atom. The first-order valence-electron chi connectivity index (χ1n) is 6.95. The highest BCUT2D eigenvalue weighted by Crippen LogP contribution is 2.31. The molecule has 0 spiro atoms. The van der Waals surface area contributed by atoms with Crippen LogP contribution in [0, 0.1) is 0 Å². The van der Waals surface area contributed by atoms with E-state index in [1.165, 1.54) is 0 Å². The van der Waals surface area contributed by atoms with E-state index in [1.54, 1.807) is 0 Å². The Morgan fingerprint density at radius 2 is 2.30 bits per heavy atom. The van der Waals surface area contributed by atoms with E-state index in [2.05, 4.69) is 4.98 Å². The van der Waals surface area contributed by atoms with Crippen LogP contribution in [0.4, 0.5) is 0 Å². The van der Waals surface area contributed by atoms with Gasteiger partial charge in [0.15, 0.2) is 0 Å². The van der Waals surface area contributed by atoms with Gasteiger partial charge in [-0.25, -0.2) is 4.98 Å². The molecule has 0 radical (unpaired) electrons. The van der Waals surface area contributed by atoms with E-state index in [9.17, 15) is 4.79 Å². The number of thioether (sulfide) groups is 1. The summed E-state index contributed by atoms with van der Waals surface area (Å²) in [5.41, 5.74) is 0.797. The molecule has 1 saturated heterocycles. The van der Waals surface area contributed by atoms with Crippen molar-refractivity contribution in [3.63, 3.8) is 0 Å². The van der Waals surface area contributed by atoms with E-state index in [0.717, 1.165) is 35.7 Å². The third-order valence-electron chi connectivity index (χ3n) is 3.74. The highest BCUT2D eigenvalue weighted by Gasteiger charge is 2.25. The number of hydrogen-bond donors (Lipinski definition) is 0. The number of nitrogens with zero attached hydrogens (tertiary/aromatic N) is 2. The molecule has 0 bridgehead atoms. The lowest BCUT2D eigenvalue weighted by Crippen LogP contribution is -2.30. The van der Waals surface area contributed by atoms with Crippen LogP contribution in [-0.2, 0) is 0 Å². The molecule has 1 aromatic heterocycles. The summed E-state index contributed by atoms with van der Waals surface area (Å²) in [5.74, 6) is 2.80. The third kappa shape index (κ3) is 2.35. The maximum absolute atomic E-state index is 12.8. The standard InChI is InChI=1S/C15H17ClN2OS/c1-2-12(16)14-17-13-6-4-3-5-11(13)15(19)18(14)10-7-8-20-9-10/h3-6,10,12H,2,7-9H2,1H3. The lowest BCUT2D eigenvalue weighted by Gasteiger charge is -2.20. The Balaban J connectivity index is 2.27. The van der Waals surface area contributed by atoms with Gasteiger partial charge in [-0.1, -0.05) is 19.1 Å². The van der Waals surface area contributed by atoms with Gasteiger partial charge >= 0.3 is 0 Å². The fraction of sp³-hybridized carbons (Fsp3) is 0.467. The van der Waals surface area contributed by atoms with Crippen LogP contribution in [-0.4, -0.2) is 21.1 Å². The molecule has 2 aromatic rings. The molecular formula is C15H17ClN2OS. The van der Waals surface area contributed by atoms with Crippen LogP contribution in [0.1, 0.15) is 37.0 Å². The van der Waals surface area contributed by atoms with Crippen LogP contribution < -0.4 is 5.56 Å². The highest BCUT2D eigenvalue weighted by atomic mass is 35.5. The summed E-state index contributed by atoms with van der Waals surface area (Å²) in [4.78, 5) is 17.5. The van der Waals surface area contributed by atoms with Gasteiger partial charge in [-0.15, -0.1) is 11.6 Å². The van der Waals surface area contributed by atoms with Gasteiger partial charge in [0.05, 0.1) is 16.3 Å². The first-order chi connectivity index (χ1) is 9.72. The number of benzene rings is 1. The van der Waals surface area contributed by atoms with Gasteiger partial charge in [-0.3, -0.25) is 9.36 Å². The summed E-state index contributed by atoms with van der Waals surface area (Å²) in [6.07, 6.45) is 1.79. The van der Waals surface area contributed by atoms with Crippen molar-refractivity contribution in [3.05, 3.63) is 40.4 Å². The summed E-state index contributed by atoms with van der Waals surface area (Å²) in [7, 11) is 0. The Labute approximate surface area is 127 Å². The molecule has 3 rings (SSSR count). The molecule has 1 aliphatic heterocycles. The Morgan fingerprint density at radius 3 is 3.00 bits per heavy atom. The van der Waals surface area contributed by atoms with E-state index >= 15 is 0 Å². The van der Waals surface area contributed by atoms with Crippen molar-refractivity contribution in [2.45, 2.75) is 31.2 Å². The average Bonchev–Trinajstić information content (AvgIpc) is 3.00. The second-order valence-corrected chi connectivity index (χ2v) is 6.73. The van der Waals surface area contributed by atoms with E-state index in [-0.39, 0.29) is 17.0 Å². The third-order valence-corrected chi connectivity index (χ3v) is 5.39. The SMILES string of the molecule is CCC(Cl)c1nc2ccccc2c(=O)n1C1CCSC1. The first kappa shape index (κ1) is 14.0. The molecule has 0 N–H and O–H groups in total. The van der Waals surface area contributed by atoms with Crippen LogP contribution >= 0.6 is 23.4 Å². The zero-order valence-electron chi connectivity index (χ0n) is 11.4. The minimum Gasteiger partial charge on any atom is -0.291 e. The monoisotopic (exact) mass is 308 g/mol. The molecule has 0 saturated carbocycles. The van der Waals surface area contributed by atoms with Crippen molar-refractivity contribution < 1.29 is 0 Å². The molecule has 20 heavy (non-hydrogen) atoms. The number of hydrogen-bond acceptors (Lipinski definition) is 3. The van der Waals surface area contributed by atoms with Crippen LogP contribution in [0.5, 0.6) is 0 Å². The molecule has 0 aliphatic carbocycles. The van der Waals surface area contributed by atoms with Crippen molar-refractivity contribution in [1.82, 2.24) is 9.55 Å². The van der Waals surface area contributed by atoms with Crippen LogP contribution in [0.15, 0.2) is 29.1 Å². The number of aromatic nitrogens is 2. The van der Waals surface area contributed by atoms with Gasteiger partial charge in [0.2, 0.25) is 0 Å². The molecule has 1 aliphatic rings. The highest BCUT2D eigenvalue weighted by molar-refractivity contribution is 7.99. The molecule has 2 unspecified atom stereocenters. The van der Waals surface area contributed by atoms with Gasteiger partial charge in [0.1, 0.15) is 5.82 Å². The molecule has 2 atom stereocenters. The first-order valence-corrected chi connectivity index (χ1v) is 8.54. The second-order valence-electron chi connectivity index (χ2n) is 5.06. The molecule has 1 aromatic carbocycles. The number of fused-ring (bicyclic) bond motifs is 1. The van der Waals surface area contributed by atoms with Gasteiger partial charge in [0, 0.05) is 11.8 Å². The summed E-state index contributed by atoms with van der Waals surface area (Å²) >= 11 is 8.31. The predicted octanol–water partition coefficient (Wildman–Crippen LogP) is 3.76. The van der Waals surface area contributed by atoms with Crippen molar-refractivity contribution in [1.29, 1.82) is 0 Å². The van der Waals surface area contributed by atoms with E-state index in [4.69, 9.17) is 11.6 Å². The van der Waals surface area contributed by atoms with Gasteiger partial charge in [0.25, 0.3) is 5.56 Å². The Bertz CT molecular complexity index is 679. The fourth-order valence-electron chi connectivity index (χ4n) is 2.65. The summed E-state index contributed by atoms with van der Waals surface area (Å²) in [6.45, 7) is 2.02. The summed E-state index contributed by atoms with van der Waals surface area (Å²) in [5, 5.41) is 0.478. The van der Waals surface area contributed by atoms with Crippen LogP contribution in [0.2, 0.25) is 0 Å². The lowest BCUT2D eigenvalue weighted by atomic mass is 10.2. The average molecular weight is 309 g/mol. The van der Waals surface area contributed by atoms with Gasteiger partial charge in [-0.2, -0.15) is 11.8 Å². The molecule has 5 heteroatoms. The number of alkyl halides is 1. The minimum atomic E-state index is -0.210. The number of rotatable bonds is 3. The Kier molecular flexibility index (Phi) is 4.03.